The first kappa shape index (κ1) is 16.6. The van der Waals surface area contributed by atoms with Gasteiger partial charge < -0.3 is 4.74 Å². The number of carbonyl (C=O) groups is 1. The first-order valence-corrected chi connectivity index (χ1v) is 6.72. The number of nitriles is 1. The molecular weight excluding hydrogens is 312 g/mol. The largest absolute Gasteiger partial charge is 0.465 e. The lowest BCUT2D eigenvalue weighted by atomic mass is 10.1. The normalized spacial score (nSPS) is 10.6. The predicted molar refractivity (Wildman–Crippen MR) is 86.7 cm³/mol. The summed E-state index contributed by atoms with van der Waals surface area (Å²) in [6.45, 7) is 0. The zero-order valence-corrected chi connectivity index (χ0v) is 12.6. The number of rotatable bonds is 5. The standard InChI is InChI=1S/C16H12N4O4/c1-24-16(21)13-4-2-3-5-14(13)18-19-15(10-17)11-6-8-12(9-7-11)20(22)23/h2-9,18H,1H3/b19-15+. The maximum atomic E-state index is 11.7. The lowest BCUT2D eigenvalue weighted by Crippen LogP contribution is -2.07. The molecule has 24 heavy (non-hydrogen) atoms. The van der Waals surface area contributed by atoms with Gasteiger partial charge in [-0.3, -0.25) is 15.5 Å². The van der Waals surface area contributed by atoms with Crippen molar-refractivity contribution >= 4 is 23.1 Å². The number of anilines is 1. The van der Waals surface area contributed by atoms with Crippen LogP contribution in [-0.2, 0) is 4.74 Å². The molecule has 0 heterocycles. The molecule has 0 aromatic heterocycles. The average molecular weight is 324 g/mol. The molecule has 0 radical (unpaired) electrons. The molecule has 0 saturated heterocycles. The number of benzene rings is 2. The van der Waals surface area contributed by atoms with Crippen LogP contribution in [0, 0.1) is 21.4 Å². The molecule has 2 rings (SSSR count). The first-order chi connectivity index (χ1) is 11.6. The number of methoxy groups -OCH3 is 1. The van der Waals surface area contributed by atoms with E-state index in [0.29, 0.717) is 11.3 Å². The number of nitro benzene ring substituents is 1. The number of hydrogen-bond acceptors (Lipinski definition) is 7. The smallest absolute Gasteiger partial charge is 0.340 e. The van der Waals surface area contributed by atoms with Crippen molar-refractivity contribution in [1.82, 2.24) is 0 Å². The summed E-state index contributed by atoms with van der Waals surface area (Å²) in [5.41, 5.74) is 3.63. The number of carbonyl (C=O) groups excluding carboxylic acids is 1. The fraction of sp³-hybridized carbons (Fsp3) is 0.0625. The second kappa shape index (κ2) is 7.51. The topological polar surface area (TPSA) is 118 Å². The van der Waals surface area contributed by atoms with Crippen LogP contribution in [0.1, 0.15) is 15.9 Å². The van der Waals surface area contributed by atoms with E-state index in [1.165, 1.54) is 31.4 Å². The third-order valence-electron chi connectivity index (χ3n) is 3.08. The second-order valence-electron chi connectivity index (χ2n) is 4.53. The second-order valence-corrected chi connectivity index (χ2v) is 4.53. The summed E-state index contributed by atoms with van der Waals surface area (Å²) in [7, 11) is 1.26. The van der Waals surface area contributed by atoms with Crippen LogP contribution >= 0.6 is 0 Å². The van der Waals surface area contributed by atoms with Crippen LogP contribution in [0.15, 0.2) is 53.6 Å². The van der Waals surface area contributed by atoms with E-state index < -0.39 is 10.9 Å². The van der Waals surface area contributed by atoms with E-state index in [-0.39, 0.29) is 17.0 Å². The Morgan fingerprint density at radius 3 is 2.50 bits per heavy atom. The maximum Gasteiger partial charge on any atom is 0.340 e. The van der Waals surface area contributed by atoms with Crippen molar-refractivity contribution in [3.8, 4) is 6.07 Å². The third kappa shape index (κ3) is 3.72. The van der Waals surface area contributed by atoms with E-state index in [0.717, 1.165) is 0 Å². The fourth-order valence-corrected chi connectivity index (χ4v) is 1.88. The minimum atomic E-state index is -0.540. The molecule has 0 atom stereocenters. The maximum absolute atomic E-state index is 11.7. The SMILES string of the molecule is COC(=O)c1ccccc1N/N=C(\C#N)c1ccc([N+](=O)[O-])cc1. The molecule has 8 nitrogen and oxygen atoms in total. The van der Waals surface area contributed by atoms with Gasteiger partial charge in [-0.15, -0.1) is 0 Å². The molecule has 2 aromatic carbocycles. The number of nitrogens with one attached hydrogen (secondary N) is 1. The van der Waals surface area contributed by atoms with Gasteiger partial charge in [0.05, 0.1) is 23.3 Å². The zero-order valence-electron chi connectivity index (χ0n) is 12.6. The van der Waals surface area contributed by atoms with Crippen LogP contribution in [0.4, 0.5) is 11.4 Å². The highest BCUT2D eigenvalue weighted by Crippen LogP contribution is 2.17. The molecule has 0 spiro atoms. The van der Waals surface area contributed by atoms with Gasteiger partial charge in [0.2, 0.25) is 0 Å². The Kier molecular flexibility index (Phi) is 5.20. The summed E-state index contributed by atoms with van der Waals surface area (Å²) in [6.07, 6.45) is 0. The summed E-state index contributed by atoms with van der Waals surface area (Å²) in [6, 6.07) is 13.9. The number of nitro groups is 1. The van der Waals surface area contributed by atoms with Crippen molar-refractivity contribution in [1.29, 1.82) is 5.26 Å². The van der Waals surface area contributed by atoms with Gasteiger partial charge in [0.25, 0.3) is 5.69 Å². The highest BCUT2D eigenvalue weighted by Gasteiger charge is 2.11. The first-order valence-electron chi connectivity index (χ1n) is 6.72. The van der Waals surface area contributed by atoms with Crippen LogP contribution < -0.4 is 5.43 Å². The Balaban J connectivity index is 2.28. The molecule has 1 N–H and O–H groups in total. The molecule has 2 aromatic rings. The van der Waals surface area contributed by atoms with E-state index in [1.54, 1.807) is 24.3 Å². The van der Waals surface area contributed by atoms with Gasteiger partial charge in [0.1, 0.15) is 6.07 Å². The molecule has 0 fully saturated rings. The Bertz CT molecular complexity index is 838. The molecule has 120 valence electrons. The van der Waals surface area contributed by atoms with Gasteiger partial charge in [0.15, 0.2) is 5.71 Å². The van der Waals surface area contributed by atoms with Crippen LogP contribution in [0.5, 0.6) is 0 Å². The molecule has 8 heteroatoms. The molecule has 0 aliphatic heterocycles. The van der Waals surface area contributed by atoms with E-state index >= 15 is 0 Å². The molecule has 0 unspecified atom stereocenters. The Morgan fingerprint density at radius 2 is 1.92 bits per heavy atom. The van der Waals surface area contributed by atoms with Gasteiger partial charge >= 0.3 is 5.97 Å². The molecule has 0 bridgehead atoms. The summed E-state index contributed by atoms with van der Waals surface area (Å²) in [4.78, 5) is 21.8. The fourth-order valence-electron chi connectivity index (χ4n) is 1.88. The summed E-state index contributed by atoms with van der Waals surface area (Å²) in [5.74, 6) is -0.540. The Morgan fingerprint density at radius 1 is 1.25 bits per heavy atom. The van der Waals surface area contributed by atoms with Gasteiger partial charge in [-0.1, -0.05) is 12.1 Å². The zero-order chi connectivity index (χ0) is 17.5. The number of nitrogens with zero attached hydrogens (tertiary/aromatic N) is 3. The van der Waals surface area contributed by atoms with Crippen LogP contribution in [0.3, 0.4) is 0 Å². The van der Waals surface area contributed by atoms with Crippen molar-refractivity contribution in [2.75, 3.05) is 12.5 Å². The van der Waals surface area contributed by atoms with Crippen molar-refractivity contribution in [2.45, 2.75) is 0 Å². The van der Waals surface area contributed by atoms with Gasteiger partial charge in [-0.2, -0.15) is 10.4 Å². The number of hydrazone groups is 1. The summed E-state index contributed by atoms with van der Waals surface area (Å²) >= 11 is 0. The number of non-ortho nitro benzene ring substituents is 1. The van der Waals surface area contributed by atoms with E-state index in [2.05, 4.69) is 15.3 Å². The molecule has 0 aliphatic rings. The van der Waals surface area contributed by atoms with Crippen LogP contribution in [0.2, 0.25) is 0 Å². The van der Waals surface area contributed by atoms with Crippen molar-refractivity contribution in [3.63, 3.8) is 0 Å². The summed E-state index contributed by atoms with van der Waals surface area (Å²) in [5, 5.41) is 23.8. The minimum absolute atomic E-state index is 0.0181. The molecular formula is C16H12N4O4. The average Bonchev–Trinajstić information content (AvgIpc) is 2.62. The van der Waals surface area contributed by atoms with Crippen molar-refractivity contribution in [3.05, 3.63) is 69.8 Å². The summed E-state index contributed by atoms with van der Waals surface area (Å²) < 4.78 is 4.67. The van der Waals surface area contributed by atoms with E-state index in [1.807, 2.05) is 6.07 Å². The lowest BCUT2D eigenvalue weighted by molar-refractivity contribution is -0.384. The number of esters is 1. The van der Waals surface area contributed by atoms with Crippen LogP contribution in [-0.4, -0.2) is 23.7 Å². The van der Waals surface area contributed by atoms with Gasteiger partial charge in [-0.05, 0) is 24.3 Å². The number of hydrogen-bond donors (Lipinski definition) is 1. The van der Waals surface area contributed by atoms with Gasteiger partial charge in [-0.25, -0.2) is 4.79 Å². The number of ether oxygens (including phenoxy) is 1. The quantitative estimate of drug-likeness (QED) is 0.391. The molecule has 0 saturated carbocycles. The highest BCUT2D eigenvalue weighted by molar-refractivity contribution is 6.12. The highest BCUT2D eigenvalue weighted by atomic mass is 16.6. The van der Waals surface area contributed by atoms with Gasteiger partial charge in [0, 0.05) is 17.7 Å². The number of para-hydroxylation sites is 1. The Labute approximate surface area is 137 Å². The monoisotopic (exact) mass is 324 g/mol. The molecule has 0 amide bonds. The van der Waals surface area contributed by atoms with Crippen molar-refractivity contribution < 1.29 is 14.5 Å². The van der Waals surface area contributed by atoms with Crippen LogP contribution in [0.25, 0.3) is 0 Å². The third-order valence-corrected chi connectivity index (χ3v) is 3.08. The minimum Gasteiger partial charge on any atom is -0.465 e. The van der Waals surface area contributed by atoms with E-state index in [4.69, 9.17) is 0 Å². The predicted octanol–water partition coefficient (Wildman–Crippen LogP) is 2.72. The van der Waals surface area contributed by atoms with Crippen molar-refractivity contribution in [2.24, 2.45) is 5.10 Å². The van der Waals surface area contributed by atoms with E-state index in [9.17, 15) is 20.2 Å². The molecule has 0 aliphatic carbocycles. The Hall–Kier alpha value is -3.73. The lowest BCUT2D eigenvalue weighted by Gasteiger charge is -2.07.